The van der Waals surface area contributed by atoms with Gasteiger partial charge in [-0.05, 0) is 24.2 Å². The third kappa shape index (κ3) is 3.69. The maximum absolute atomic E-state index is 4.49. The van der Waals surface area contributed by atoms with Gasteiger partial charge in [0.1, 0.15) is 0 Å². The molecular weight excluding hydrogens is 172 g/mol. The van der Waals surface area contributed by atoms with E-state index < -0.39 is 0 Å². The van der Waals surface area contributed by atoms with Crippen molar-refractivity contribution < 1.29 is 0 Å². The van der Waals surface area contributed by atoms with Crippen LogP contribution in [-0.4, -0.2) is 18.9 Å². The third-order valence-electron chi connectivity index (χ3n) is 3.22. The molecule has 0 aromatic heterocycles. The van der Waals surface area contributed by atoms with Crippen molar-refractivity contribution in [1.82, 2.24) is 5.32 Å². The van der Waals surface area contributed by atoms with E-state index in [1.165, 1.54) is 18.7 Å². The second kappa shape index (κ2) is 4.81. The van der Waals surface area contributed by atoms with Crippen LogP contribution in [0.2, 0.25) is 0 Å². The lowest BCUT2D eigenvalue weighted by atomic mass is 9.82. The number of hydrogen-bond donors (Lipinski definition) is 1. The Morgan fingerprint density at radius 2 is 2.07 bits per heavy atom. The molecule has 0 saturated carbocycles. The zero-order valence-electron chi connectivity index (χ0n) is 10.1. The molecule has 1 N–H and O–H groups in total. The summed E-state index contributed by atoms with van der Waals surface area (Å²) >= 11 is 0. The first-order valence-corrected chi connectivity index (χ1v) is 5.77. The van der Waals surface area contributed by atoms with Gasteiger partial charge in [-0.25, -0.2) is 0 Å². The molecule has 0 aromatic rings. The van der Waals surface area contributed by atoms with E-state index in [0.717, 1.165) is 19.5 Å². The Balaban J connectivity index is 2.29. The van der Waals surface area contributed by atoms with E-state index in [1.54, 1.807) is 0 Å². The summed E-state index contributed by atoms with van der Waals surface area (Å²) in [5, 5.41) is 3.48. The highest BCUT2D eigenvalue weighted by atomic mass is 15.0. The van der Waals surface area contributed by atoms with E-state index in [0.29, 0.717) is 11.3 Å². The van der Waals surface area contributed by atoms with Crippen LogP contribution < -0.4 is 5.32 Å². The van der Waals surface area contributed by atoms with Crippen molar-refractivity contribution in [3.8, 4) is 0 Å². The van der Waals surface area contributed by atoms with Crippen molar-refractivity contribution in [2.45, 2.75) is 47.0 Å². The van der Waals surface area contributed by atoms with E-state index in [1.807, 2.05) is 0 Å². The Hall–Kier alpha value is -0.530. The summed E-state index contributed by atoms with van der Waals surface area (Å²) in [5.74, 6) is 1.92. The summed E-state index contributed by atoms with van der Waals surface area (Å²) < 4.78 is 0. The number of hydrogen-bond acceptors (Lipinski definition) is 2. The molecule has 0 radical (unpaired) electrons. The van der Waals surface area contributed by atoms with Gasteiger partial charge in [0.05, 0.1) is 5.84 Å². The standard InChI is InChI=1S/C12H24N2/c1-10(12(2,3)4)9-14-11-7-5-6-8-13-11/h10H,5-9H2,1-4H3,(H,13,14). The van der Waals surface area contributed by atoms with Crippen LogP contribution in [0.3, 0.4) is 0 Å². The number of nitrogens with zero attached hydrogens (tertiary/aromatic N) is 1. The van der Waals surface area contributed by atoms with Crippen LogP contribution in [0.4, 0.5) is 0 Å². The van der Waals surface area contributed by atoms with Crippen LogP contribution in [0.1, 0.15) is 47.0 Å². The summed E-state index contributed by atoms with van der Waals surface area (Å²) in [7, 11) is 0. The molecule has 82 valence electrons. The Kier molecular flexibility index (Phi) is 3.97. The first-order chi connectivity index (χ1) is 6.50. The topological polar surface area (TPSA) is 24.4 Å². The molecule has 2 nitrogen and oxygen atoms in total. The van der Waals surface area contributed by atoms with Crippen molar-refractivity contribution in [3.63, 3.8) is 0 Å². The molecule has 1 aliphatic rings. The SMILES string of the molecule is CC(CNC1=NCCCC1)C(C)(C)C. The largest absolute Gasteiger partial charge is 0.374 e. The van der Waals surface area contributed by atoms with Crippen LogP contribution in [0.5, 0.6) is 0 Å². The van der Waals surface area contributed by atoms with Gasteiger partial charge in [0, 0.05) is 19.5 Å². The average molecular weight is 196 g/mol. The highest BCUT2D eigenvalue weighted by molar-refractivity contribution is 5.82. The summed E-state index contributed by atoms with van der Waals surface area (Å²) in [4.78, 5) is 4.49. The summed E-state index contributed by atoms with van der Waals surface area (Å²) in [5.41, 5.74) is 0.391. The fraction of sp³-hybridized carbons (Fsp3) is 0.917. The fourth-order valence-electron chi connectivity index (χ4n) is 1.42. The average Bonchev–Trinajstić information content (AvgIpc) is 2.14. The molecule has 0 fully saturated rings. The van der Waals surface area contributed by atoms with E-state index in [2.05, 4.69) is 38.0 Å². The van der Waals surface area contributed by atoms with Gasteiger partial charge in [0.25, 0.3) is 0 Å². The molecular formula is C12H24N2. The number of nitrogens with one attached hydrogen (secondary N) is 1. The van der Waals surface area contributed by atoms with Crippen molar-refractivity contribution in [3.05, 3.63) is 0 Å². The molecule has 0 spiro atoms. The number of amidine groups is 1. The predicted molar refractivity (Wildman–Crippen MR) is 62.8 cm³/mol. The Labute approximate surface area is 88.2 Å². The van der Waals surface area contributed by atoms with Gasteiger partial charge in [-0.2, -0.15) is 0 Å². The summed E-state index contributed by atoms with van der Waals surface area (Å²) in [6.07, 6.45) is 3.71. The van der Waals surface area contributed by atoms with Gasteiger partial charge in [-0.3, -0.25) is 4.99 Å². The van der Waals surface area contributed by atoms with Crippen LogP contribution in [0.15, 0.2) is 4.99 Å². The van der Waals surface area contributed by atoms with E-state index in [-0.39, 0.29) is 0 Å². The number of rotatable bonds is 2. The fourth-order valence-corrected chi connectivity index (χ4v) is 1.42. The maximum Gasteiger partial charge on any atom is 0.0963 e. The highest BCUT2D eigenvalue weighted by Crippen LogP contribution is 2.24. The van der Waals surface area contributed by atoms with Gasteiger partial charge in [-0.1, -0.05) is 27.7 Å². The molecule has 1 aliphatic heterocycles. The monoisotopic (exact) mass is 196 g/mol. The molecule has 0 amide bonds. The molecule has 1 atom stereocenters. The first-order valence-electron chi connectivity index (χ1n) is 5.77. The highest BCUT2D eigenvalue weighted by Gasteiger charge is 2.19. The van der Waals surface area contributed by atoms with Crippen LogP contribution in [0, 0.1) is 11.3 Å². The van der Waals surface area contributed by atoms with Crippen molar-refractivity contribution in [1.29, 1.82) is 0 Å². The smallest absolute Gasteiger partial charge is 0.0963 e. The minimum absolute atomic E-state index is 0.391. The molecule has 2 heteroatoms. The zero-order valence-corrected chi connectivity index (χ0v) is 10.1. The second-order valence-corrected chi connectivity index (χ2v) is 5.43. The Bertz CT molecular complexity index is 201. The van der Waals surface area contributed by atoms with Crippen LogP contribution in [-0.2, 0) is 0 Å². The number of aliphatic imine (C=N–C) groups is 1. The molecule has 0 saturated heterocycles. The minimum Gasteiger partial charge on any atom is -0.374 e. The third-order valence-corrected chi connectivity index (χ3v) is 3.22. The van der Waals surface area contributed by atoms with Crippen molar-refractivity contribution >= 4 is 5.84 Å². The molecule has 0 aromatic carbocycles. The van der Waals surface area contributed by atoms with Crippen LogP contribution >= 0.6 is 0 Å². The Morgan fingerprint density at radius 3 is 2.57 bits per heavy atom. The molecule has 1 rings (SSSR count). The van der Waals surface area contributed by atoms with Crippen molar-refractivity contribution in [2.75, 3.05) is 13.1 Å². The molecule has 1 unspecified atom stereocenters. The maximum atomic E-state index is 4.49. The van der Waals surface area contributed by atoms with Crippen LogP contribution in [0.25, 0.3) is 0 Å². The van der Waals surface area contributed by atoms with Crippen molar-refractivity contribution in [2.24, 2.45) is 16.3 Å². The zero-order chi connectivity index (χ0) is 10.6. The normalized spacial score (nSPS) is 20.1. The summed E-state index contributed by atoms with van der Waals surface area (Å²) in [6, 6.07) is 0. The van der Waals surface area contributed by atoms with Gasteiger partial charge >= 0.3 is 0 Å². The predicted octanol–water partition coefficient (Wildman–Crippen LogP) is 2.84. The van der Waals surface area contributed by atoms with Gasteiger partial charge in [0.15, 0.2) is 0 Å². The Morgan fingerprint density at radius 1 is 1.36 bits per heavy atom. The first kappa shape index (κ1) is 11.5. The van der Waals surface area contributed by atoms with Gasteiger partial charge in [-0.15, -0.1) is 0 Å². The second-order valence-electron chi connectivity index (χ2n) is 5.43. The molecule has 0 bridgehead atoms. The van der Waals surface area contributed by atoms with Gasteiger partial charge < -0.3 is 5.32 Å². The molecule has 1 heterocycles. The lowest BCUT2D eigenvalue weighted by molar-refractivity contribution is 0.261. The quantitative estimate of drug-likeness (QED) is 0.721. The minimum atomic E-state index is 0.391. The summed E-state index contributed by atoms with van der Waals surface area (Å²) in [6.45, 7) is 11.3. The van der Waals surface area contributed by atoms with E-state index >= 15 is 0 Å². The lowest BCUT2D eigenvalue weighted by Gasteiger charge is -2.28. The molecule has 0 aliphatic carbocycles. The van der Waals surface area contributed by atoms with E-state index in [9.17, 15) is 0 Å². The lowest BCUT2D eigenvalue weighted by Crippen LogP contribution is -2.34. The van der Waals surface area contributed by atoms with E-state index in [4.69, 9.17) is 0 Å². The molecule has 14 heavy (non-hydrogen) atoms. The van der Waals surface area contributed by atoms with Gasteiger partial charge in [0.2, 0.25) is 0 Å².